The molecule has 2 aromatic heterocycles. The fourth-order valence-electron chi connectivity index (χ4n) is 3.86. The molecule has 1 atom stereocenters. The highest BCUT2D eigenvalue weighted by molar-refractivity contribution is 7.10. The summed E-state index contributed by atoms with van der Waals surface area (Å²) < 4.78 is 5.54. The SMILES string of the molecule is Cc1[nH]nc2c1[C@@H](c1cc(CN3CCCCCC3)cs1)C(C#N)=C(N)O2. The van der Waals surface area contributed by atoms with E-state index >= 15 is 0 Å². The molecule has 0 spiro atoms. The average molecular weight is 369 g/mol. The second kappa shape index (κ2) is 7.14. The Morgan fingerprint density at radius 2 is 2.15 bits per heavy atom. The highest BCUT2D eigenvalue weighted by Crippen LogP contribution is 2.44. The van der Waals surface area contributed by atoms with Gasteiger partial charge in [-0.05, 0) is 49.9 Å². The number of nitrogens with two attached hydrogens (primary N) is 1. The number of nitriles is 1. The maximum Gasteiger partial charge on any atom is 0.244 e. The van der Waals surface area contributed by atoms with E-state index in [-0.39, 0.29) is 11.8 Å². The van der Waals surface area contributed by atoms with E-state index in [9.17, 15) is 5.26 Å². The Morgan fingerprint density at radius 3 is 2.88 bits per heavy atom. The van der Waals surface area contributed by atoms with Gasteiger partial charge in [0, 0.05) is 17.1 Å². The van der Waals surface area contributed by atoms with Crippen LogP contribution in [0.2, 0.25) is 0 Å². The molecule has 2 aliphatic heterocycles. The summed E-state index contributed by atoms with van der Waals surface area (Å²) in [6, 6.07) is 4.46. The molecule has 4 rings (SSSR count). The second-order valence-corrected chi connectivity index (χ2v) is 7.98. The van der Waals surface area contributed by atoms with E-state index in [1.54, 1.807) is 11.3 Å². The van der Waals surface area contributed by atoms with Crippen LogP contribution < -0.4 is 10.5 Å². The van der Waals surface area contributed by atoms with Crippen LogP contribution in [-0.4, -0.2) is 28.2 Å². The van der Waals surface area contributed by atoms with Crippen molar-refractivity contribution >= 4 is 11.3 Å². The molecular weight excluding hydrogens is 346 g/mol. The molecule has 0 saturated carbocycles. The van der Waals surface area contributed by atoms with Crippen molar-refractivity contribution in [3.63, 3.8) is 0 Å². The highest BCUT2D eigenvalue weighted by Gasteiger charge is 2.35. The van der Waals surface area contributed by atoms with E-state index in [0.717, 1.165) is 22.7 Å². The number of hydrogen-bond donors (Lipinski definition) is 2. The van der Waals surface area contributed by atoms with Gasteiger partial charge in [-0.1, -0.05) is 12.8 Å². The van der Waals surface area contributed by atoms with Gasteiger partial charge in [0.15, 0.2) is 0 Å². The number of thiophene rings is 1. The average Bonchev–Trinajstić information content (AvgIpc) is 3.13. The fourth-order valence-corrected chi connectivity index (χ4v) is 4.89. The molecule has 0 aliphatic carbocycles. The van der Waals surface area contributed by atoms with Crippen molar-refractivity contribution in [2.45, 2.75) is 45.1 Å². The summed E-state index contributed by atoms with van der Waals surface area (Å²) in [6.07, 6.45) is 5.25. The molecule has 2 aromatic rings. The molecule has 26 heavy (non-hydrogen) atoms. The molecule has 0 unspecified atom stereocenters. The van der Waals surface area contributed by atoms with E-state index < -0.39 is 0 Å². The molecule has 2 aliphatic rings. The van der Waals surface area contributed by atoms with E-state index in [1.807, 2.05) is 6.92 Å². The lowest BCUT2D eigenvalue weighted by atomic mass is 9.88. The third kappa shape index (κ3) is 3.11. The number of ether oxygens (including phenoxy) is 1. The van der Waals surface area contributed by atoms with Gasteiger partial charge in [0.2, 0.25) is 11.8 Å². The fraction of sp³-hybridized carbons (Fsp3) is 0.474. The van der Waals surface area contributed by atoms with Crippen molar-refractivity contribution in [2.75, 3.05) is 13.1 Å². The number of hydrogen-bond acceptors (Lipinski definition) is 6. The summed E-state index contributed by atoms with van der Waals surface area (Å²) in [4.78, 5) is 3.65. The molecule has 7 heteroatoms. The standard InChI is InChI=1S/C19H23N5OS/c1-12-16-17(14(9-20)18(21)25-19(16)23-22-12)15-8-13(11-26-15)10-24-6-4-2-3-5-7-24/h8,11,17H,2-7,10,21H2,1H3,(H,22,23)/t17-/m1/s1. The molecule has 4 heterocycles. The lowest BCUT2D eigenvalue weighted by Gasteiger charge is -2.22. The number of aromatic nitrogens is 2. The number of allylic oxidation sites excluding steroid dienone is 1. The number of nitrogens with one attached hydrogen (secondary N) is 1. The van der Waals surface area contributed by atoms with Crippen LogP contribution in [0.15, 0.2) is 22.9 Å². The van der Waals surface area contributed by atoms with E-state index in [0.29, 0.717) is 11.5 Å². The molecular formula is C19H23N5OS. The number of aromatic amines is 1. The first-order valence-electron chi connectivity index (χ1n) is 9.09. The predicted octanol–water partition coefficient (Wildman–Crippen LogP) is 3.37. The van der Waals surface area contributed by atoms with Gasteiger partial charge in [0.25, 0.3) is 0 Å². The van der Waals surface area contributed by atoms with Crippen LogP contribution in [0.4, 0.5) is 0 Å². The topological polar surface area (TPSA) is 91.0 Å². The minimum atomic E-state index is -0.203. The van der Waals surface area contributed by atoms with Gasteiger partial charge in [0.05, 0.1) is 11.5 Å². The zero-order valence-electron chi connectivity index (χ0n) is 14.9. The van der Waals surface area contributed by atoms with Gasteiger partial charge in [-0.15, -0.1) is 16.4 Å². The van der Waals surface area contributed by atoms with Crippen molar-refractivity contribution in [1.29, 1.82) is 5.26 Å². The smallest absolute Gasteiger partial charge is 0.244 e. The summed E-state index contributed by atoms with van der Waals surface area (Å²) in [5.41, 5.74) is 9.58. The molecule has 1 fully saturated rings. The number of aryl methyl sites for hydroxylation is 1. The number of fused-ring (bicyclic) bond motifs is 1. The van der Waals surface area contributed by atoms with E-state index in [2.05, 4.69) is 32.6 Å². The second-order valence-electron chi connectivity index (χ2n) is 7.04. The van der Waals surface area contributed by atoms with Crippen LogP contribution >= 0.6 is 11.3 Å². The Kier molecular flexibility index (Phi) is 4.70. The van der Waals surface area contributed by atoms with Crippen molar-refractivity contribution in [3.8, 4) is 11.9 Å². The first-order chi connectivity index (χ1) is 12.7. The first-order valence-corrected chi connectivity index (χ1v) is 9.97. The number of nitrogens with zero attached hydrogens (tertiary/aromatic N) is 3. The molecule has 0 aromatic carbocycles. The first kappa shape index (κ1) is 17.1. The molecule has 6 nitrogen and oxygen atoms in total. The maximum absolute atomic E-state index is 9.64. The van der Waals surface area contributed by atoms with E-state index in [1.165, 1.54) is 44.3 Å². The van der Waals surface area contributed by atoms with Crippen molar-refractivity contribution in [3.05, 3.63) is 44.6 Å². The predicted molar refractivity (Wildman–Crippen MR) is 101 cm³/mol. The van der Waals surface area contributed by atoms with Crippen LogP contribution in [0, 0.1) is 18.3 Å². The van der Waals surface area contributed by atoms with E-state index in [4.69, 9.17) is 10.5 Å². The Hall–Kier alpha value is -2.30. The van der Waals surface area contributed by atoms with Crippen LogP contribution in [0.5, 0.6) is 5.88 Å². The maximum atomic E-state index is 9.64. The van der Waals surface area contributed by atoms with Gasteiger partial charge < -0.3 is 10.5 Å². The lowest BCUT2D eigenvalue weighted by molar-refractivity contribution is 0.277. The van der Waals surface area contributed by atoms with Gasteiger partial charge in [-0.2, -0.15) is 5.26 Å². The molecule has 136 valence electrons. The number of rotatable bonds is 3. The normalized spacial score (nSPS) is 21.0. The Morgan fingerprint density at radius 1 is 1.38 bits per heavy atom. The number of likely N-dealkylation sites (tertiary alicyclic amines) is 1. The Labute approximate surface area is 157 Å². The largest absolute Gasteiger partial charge is 0.420 e. The minimum absolute atomic E-state index is 0.152. The van der Waals surface area contributed by atoms with Crippen molar-refractivity contribution < 1.29 is 4.74 Å². The molecule has 3 N–H and O–H groups in total. The van der Waals surface area contributed by atoms with Gasteiger partial charge >= 0.3 is 0 Å². The summed E-state index contributed by atoms with van der Waals surface area (Å²) in [6.45, 7) is 5.26. The lowest BCUT2D eigenvalue weighted by Crippen LogP contribution is -2.23. The van der Waals surface area contributed by atoms with Crippen molar-refractivity contribution in [2.24, 2.45) is 5.73 Å². The summed E-state index contributed by atoms with van der Waals surface area (Å²) >= 11 is 1.68. The Bertz CT molecular complexity index is 867. The van der Waals surface area contributed by atoms with Gasteiger partial charge in [-0.25, -0.2) is 0 Å². The molecule has 0 bridgehead atoms. The zero-order chi connectivity index (χ0) is 18.1. The van der Waals surface area contributed by atoms with Crippen LogP contribution in [0.25, 0.3) is 0 Å². The molecule has 0 radical (unpaired) electrons. The third-order valence-electron chi connectivity index (χ3n) is 5.19. The van der Waals surface area contributed by atoms with Crippen LogP contribution in [0.1, 0.15) is 53.3 Å². The zero-order valence-corrected chi connectivity index (χ0v) is 15.7. The molecule has 1 saturated heterocycles. The molecule has 0 amide bonds. The Balaban J connectivity index is 1.63. The summed E-state index contributed by atoms with van der Waals surface area (Å²) in [5, 5.41) is 19.0. The van der Waals surface area contributed by atoms with Crippen LogP contribution in [-0.2, 0) is 6.54 Å². The van der Waals surface area contributed by atoms with Gasteiger partial charge in [0.1, 0.15) is 11.6 Å². The summed E-state index contributed by atoms with van der Waals surface area (Å²) in [7, 11) is 0. The van der Waals surface area contributed by atoms with Crippen LogP contribution in [0.3, 0.4) is 0 Å². The summed E-state index contributed by atoms with van der Waals surface area (Å²) in [5.74, 6) is 0.427. The number of H-pyrrole nitrogens is 1. The monoisotopic (exact) mass is 369 g/mol. The minimum Gasteiger partial charge on any atom is -0.420 e. The highest BCUT2D eigenvalue weighted by atomic mass is 32.1. The van der Waals surface area contributed by atoms with Gasteiger partial charge in [-0.3, -0.25) is 10.00 Å². The van der Waals surface area contributed by atoms with Crippen molar-refractivity contribution in [1.82, 2.24) is 15.1 Å². The quantitative estimate of drug-likeness (QED) is 0.865. The third-order valence-corrected chi connectivity index (χ3v) is 6.24.